The summed E-state index contributed by atoms with van der Waals surface area (Å²) in [6.07, 6.45) is 0. The summed E-state index contributed by atoms with van der Waals surface area (Å²) in [6, 6.07) is 7.81. The number of nitrogens with zero attached hydrogens (tertiary/aromatic N) is 1. The number of nitrogens with one attached hydrogen (secondary N) is 1. The Bertz CT molecular complexity index is 715. The molecule has 1 amide bonds. The van der Waals surface area contributed by atoms with E-state index in [0.29, 0.717) is 17.2 Å². The fourth-order valence-electron chi connectivity index (χ4n) is 3.29. The summed E-state index contributed by atoms with van der Waals surface area (Å²) < 4.78 is 16.2. The van der Waals surface area contributed by atoms with Gasteiger partial charge in [0, 0.05) is 5.56 Å². The Morgan fingerprint density at radius 1 is 1.12 bits per heavy atom. The third kappa shape index (κ3) is 3.94. The van der Waals surface area contributed by atoms with Crippen molar-refractivity contribution in [1.29, 1.82) is 0 Å². The molecule has 0 radical (unpaired) electrons. The summed E-state index contributed by atoms with van der Waals surface area (Å²) >= 11 is 1.50. The molecule has 26 heavy (non-hydrogen) atoms. The van der Waals surface area contributed by atoms with Gasteiger partial charge < -0.3 is 24.0 Å². The maximum atomic E-state index is 12.4. The van der Waals surface area contributed by atoms with Crippen LogP contribution in [0.15, 0.2) is 29.6 Å². The first kappa shape index (κ1) is 18.5. The van der Waals surface area contributed by atoms with Gasteiger partial charge in [-0.05, 0) is 23.6 Å². The van der Waals surface area contributed by atoms with Gasteiger partial charge >= 0.3 is 0 Å². The van der Waals surface area contributed by atoms with Gasteiger partial charge in [0.15, 0.2) is 11.5 Å². The molecule has 0 aliphatic carbocycles. The Kier molecular flexibility index (Phi) is 6.00. The van der Waals surface area contributed by atoms with Crippen molar-refractivity contribution in [2.24, 2.45) is 0 Å². The molecule has 2 aromatic rings. The third-order valence-electron chi connectivity index (χ3n) is 4.67. The molecule has 0 unspecified atom stereocenters. The summed E-state index contributed by atoms with van der Waals surface area (Å²) in [5.41, 5.74) is 1.13. The number of ether oxygens (including phenoxy) is 3. The van der Waals surface area contributed by atoms with Crippen LogP contribution in [-0.4, -0.2) is 58.3 Å². The van der Waals surface area contributed by atoms with Gasteiger partial charge in [-0.3, -0.25) is 4.79 Å². The number of thiophene rings is 1. The number of hydrogen-bond acceptors (Lipinski definition) is 5. The minimum atomic E-state index is 0.145. The van der Waals surface area contributed by atoms with Gasteiger partial charge in [-0.15, -0.1) is 11.3 Å². The number of quaternary nitrogens is 1. The number of piperazine rings is 1. The van der Waals surface area contributed by atoms with E-state index in [4.69, 9.17) is 14.2 Å². The van der Waals surface area contributed by atoms with Crippen LogP contribution in [-0.2, 0) is 6.54 Å². The van der Waals surface area contributed by atoms with Crippen molar-refractivity contribution in [3.8, 4) is 17.2 Å². The first-order chi connectivity index (χ1) is 12.7. The SMILES string of the molecule is COc1cc(C[NH+]2CCN(C(=O)c3cccs3)CC2)cc(OC)c1OC. The number of methoxy groups -OCH3 is 3. The number of hydrogen-bond donors (Lipinski definition) is 1. The molecule has 1 aliphatic rings. The minimum Gasteiger partial charge on any atom is -0.493 e. The molecule has 2 heterocycles. The lowest BCUT2D eigenvalue weighted by molar-refractivity contribution is -0.917. The Labute approximate surface area is 157 Å². The summed E-state index contributed by atoms with van der Waals surface area (Å²) in [7, 11) is 4.86. The van der Waals surface area contributed by atoms with Gasteiger partial charge in [0.25, 0.3) is 5.91 Å². The molecule has 6 nitrogen and oxygen atoms in total. The lowest BCUT2D eigenvalue weighted by Gasteiger charge is -2.32. The van der Waals surface area contributed by atoms with E-state index in [-0.39, 0.29) is 5.91 Å². The normalized spacial score (nSPS) is 15.0. The second kappa shape index (κ2) is 8.42. The van der Waals surface area contributed by atoms with E-state index in [1.54, 1.807) is 21.3 Å². The highest BCUT2D eigenvalue weighted by molar-refractivity contribution is 7.12. The van der Waals surface area contributed by atoms with Crippen LogP contribution in [0.5, 0.6) is 17.2 Å². The number of amides is 1. The highest BCUT2D eigenvalue weighted by atomic mass is 32.1. The molecule has 1 saturated heterocycles. The molecular weight excluding hydrogens is 352 g/mol. The highest BCUT2D eigenvalue weighted by Crippen LogP contribution is 2.37. The van der Waals surface area contributed by atoms with Crippen LogP contribution < -0.4 is 19.1 Å². The van der Waals surface area contributed by atoms with E-state index < -0.39 is 0 Å². The van der Waals surface area contributed by atoms with Gasteiger partial charge in [-0.2, -0.15) is 0 Å². The average Bonchev–Trinajstić information content (AvgIpc) is 3.22. The Morgan fingerprint density at radius 3 is 2.27 bits per heavy atom. The predicted octanol–water partition coefficient (Wildman–Crippen LogP) is 1.31. The van der Waals surface area contributed by atoms with E-state index in [2.05, 4.69) is 0 Å². The molecule has 7 heteroatoms. The Balaban J connectivity index is 1.63. The second-order valence-electron chi connectivity index (χ2n) is 6.23. The Hall–Kier alpha value is -2.25. The van der Waals surface area contributed by atoms with E-state index >= 15 is 0 Å². The fraction of sp³-hybridized carbons (Fsp3) is 0.421. The number of benzene rings is 1. The van der Waals surface area contributed by atoms with Crippen LogP contribution in [0.1, 0.15) is 15.2 Å². The largest absolute Gasteiger partial charge is 0.493 e. The number of rotatable bonds is 6. The first-order valence-electron chi connectivity index (χ1n) is 8.61. The van der Waals surface area contributed by atoms with Crippen molar-refractivity contribution in [2.75, 3.05) is 47.5 Å². The predicted molar refractivity (Wildman–Crippen MR) is 101 cm³/mol. The zero-order chi connectivity index (χ0) is 18.5. The molecule has 0 spiro atoms. The lowest BCUT2D eigenvalue weighted by atomic mass is 10.1. The quantitative estimate of drug-likeness (QED) is 0.825. The molecule has 0 bridgehead atoms. The maximum absolute atomic E-state index is 12.4. The standard InChI is InChI=1S/C19H24N2O4S/c1-23-15-11-14(12-16(24-2)18(15)25-3)13-20-6-8-21(9-7-20)19(22)17-5-4-10-26-17/h4-5,10-12H,6-9,13H2,1-3H3/p+1. The van der Waals surface area contributed by atoms with Crippen LogP contribution in [0.2, 0.25) is 0 Å². The molecule has 1 fully saturated rings. The van der Waals surface area contributed by atoms with Crippen molar-refractivity contribution < 1.29 is 23.9 Å². The molecule has 1 N–H and O–H groups in total. The molecule has 0 saturated carbocycles. The van der Waals surface area contributed by atoms with Crippen LogP contribution in [0.25, 0.3) is 0 Å². The number of carbonyl (C=O) groups is 1. The van der Waals surface area contributed by atoms with Gasteiger partial charge in [0.2, 0.25) is 5.75 Å². The lowest BCUT2D eigenvalue weighted by Crippen LogP contribution is -3.13. The molecule has 1 aromatic heterocycles. The molecule has 1 aliphatic heterocycles. The van der Waals surface area contributed by atoms with Crippen LogP contribution >= 0.6 is 11.3 Å². The molecule has 3 rings (SSSR count). The van der Waals surface area contributed by atoms with E-state index in [9.17, 15) is 4.79 Å². The Morgan fingerprint density at radius 2 is 1.77 bits per heavy atom. The summed E-state index contributed by atoms with van der Waals surface area (Å²) in [6.45, 7) is 4.26. The van der Waals surface area contributed by atoms with E-state index in [1.807, 2.05) is 34.5 Å². The summed E-state index contributed by atoms with van der Waals surface area (Å²) in [4.78, 5) is 16.6. The smallest absolute Gasteiger partial charge is 0.264 e. The van der Waals surface area contributed by atoms with Crippen molar-refractivity contribution in [3.05, 3.63) is 40.1 Å². The zero-order valence-electron chi connectivity index (χ0n) is 15.4. The topological polar surface area (TPSA) is 52.4 Å². The van der Waals surface area contributed by atoms with Gasteiger partial charge in [-0.1, -0.05) is 6.07 Å². The highest BCUT2D eigenvalue weighted by Gasteiger charge is 2.25. The second-order valence-corrected chi connectivity index (χ2v) is 7.18. The van der Waals surface area contributed by atoms with Crippen molar-refractivity contribution >= 4 is 17.2 Å². The molecule has 140 valence electrons. The van der Waals surface area contributed by atoms with E-state index in [1.165, 1.54) is 16.2 Å². The van der Waals surface area contributed by atoms with Crippen LogP contribution in [0.3, 0.4) is 0 Å². The van der Waals surface area contributed by atoms with E-state index in [0.717, 1.165) is 43.2 Å². The summed E-state index contributed by atoms with van der Waals surface area (Å²) in [5.74, 6) is 2.10. The first-order valence-corrected chi connectivity index (χ1v) is 9.49. The summed E-state index contributed by atoms with van der Waals surface area (Å²) in [5, 5.41) is 1.94. The monoisotopic (exact) mass is 377 g/mol. The molecule has 0 atom stereocenters. The average molecular weight is 377 g/mol. The van der Waals surface area contributed by atoms with Gasteiger partial charge in [-0.25, -0.2) is 0 Å². The third-order valence-corrected chi connectivity index (χ3v) is 5.53. The molecule has 1 aromatic carbocycles. The van der Waals surface area contributed by atoms with Crippen LogP contribution in [0, 0.1) is 0 Å². The van der Waals surface area contributed by atoms with Crippen molar-refractivity contribution in [2.45, 2.75) is 6.54 Å². The molecular formula is C19H25N2O4S+. The van der Waals surface area contributed by atoms with Crippen LogP contribution in [0.4, 0.5) is 0 Å². The minimum absolute atomic E-state index is 0.145. The van der Waals surface area contributed by atoms with Crippen molar-refractivity contribution in [3.63, 3.8) is 0 Å². The maximum Gasteiger partial charge on any atom is 0.264 e. The van der Waals surface area contributed by atoms with Gasteiger partial charge in [0.05, 0.1) is 52.4 Å². The van der Waals surface area contributed by atoms with Crippen molar-refractivity contribution in [1.82, 2.24) is 4.90 Å². The fourth-order valence-corrected chi connectivity index (χ4v) is 3.98. The van der Waals surface area contributed by atoms with Gasteiger partial charge in [0.1, 0.15) is 6.54 Å². The number of carbonyl (C=O) groups excluding carboxylic acids is 1. The zero-order valence-corrected chi connectivity index (χ0v) is 16.2.